The van der Waals surface area contributed by atoms with Crippen LogP contribution in [-0.4, -0.2) is 38.9 Å². The molecule has 1 aromatic carbocycles. The Kier molecular flexibility index (Phi) is 6.76. The highest BCUT2D eigenvalue weighted by molar-refractivity contribution is 6.31. The zero-order chi connectivity index (χ0) is 19.3. The highest BCUT2D eigenvalue weighted by Gasteiger charge is 2.40. The molecule has 0 spiro atoms. The first-order chi connectivity index (χ1) is 12.5. The summed E-state index contributed by atoms with van der Waals surface area (Å²) in [5.74, 6) is -2.39. The molecule has 1 aliphatic heterocycles. The molecule has 0 aliphatic carbocycles. The Labute approximate surface area is 155 Å². The zero-order valence-electron chi connectivity index (χ0n) is 14.5. The van der Waals surface area contributed by atoms with Crippen LogP contribution in [0.2, 0.25) is 5.02 Å². The Morgan fingerprint density at radius 2 is 1.88 bits per heavy atom. The lowest BCUT2D eigenvalue weighted by atomic mass is 9.80. The molecule has 6 nitrogen and oxygen atoms in total. The number of methoxy groups -OCH3 is 1. The summed E-state index contributed by atoms with van der Waals surface area (Å²) in [5, 5.41) is 3.06. The Bertz CT molecular complexity index is 776. The second-order valence-electron chi connectivity index (χ2n) is 5.41. The van der Waals surface area contributed by atoms with Crippen LogP contribution in [0.5, 0.6) is 0 Å². The van der Waals surface area contributed by atoms with Crippen molar-refractivity contribution in [1.29, 1.82) is 0 Å². The lowest BCUT2D eigenvalue weighted by Crippen LogP contribution is -2.37. The van der Waals surface area contributed by atoms with E-state index < -0.39 is 24.5 Å². The van der Waals surface area contributed by atoms with E-state index in [2.05, 4.69) is 5.32 Å². The standard InChI is InChI=1S/C18H20ClFN2O4/c1-3-26-18(24)16-13(9-21)22-12(8-20)15(17(23)25-2)14(16)10-6-4-5-7-11(10)19/h4-7,14,22H,3,8-9,21H2,1-2H3. The monoisotopic (exact) mass is 382 g/mol. The number of benzene rings is 1. The molecule has 0 amide bonds. The summed E-state index contributed by atoms with van der Waals surface area (Å²) in [5.41, 5.74) is 6.54. The number of dihydropyridines is 1. The number of alkyl halides is 1. The number of carbonyl (C=O) groups is 2. The summed E-state index contributed by atoms with van der Waals surface area (Å²) < 4.78 is 23.6. The van der Waals surface area contributed by atoms with Gasteiger partial charge in [0.15, 0.2) is 0 Å². The van der Waals surface area contributed by atoms with Crippen molar-refractivity contribution < 1.29 is 23.5 Å². The number of nitrogens with two attached hydrogens (primary N) is 1. The van der Waals surface area contributed by atoms with Crippen molar-refractivity contribution in [2.24, 2.45) is 5.73 Å². The summed E-state index contributed by atoms with van der Waals surface area (Å²) in [6, 6.07) is 6.69. The fraction of sp³-hybridized carbons (Fsp3) is 0.333. The maximum atomic E-state index is 13.7. The molecule has 1 aromatic rings. The minimum Gasteiger partial charge on any atom is -0.466 e. The van der Waals surface area contributed by atoms with Crippen molar-refractivity contribution in [3.63, 3.8) is 0 Å². The average Bonchev–Trinajstić information content (AvgIpc) is 2.66. The lowest BCUT2D eigenvalue weighted by Gasteiger charge is -2.31. The molecule has 26 heavy (non-hydrogen) atoms. The van der Waals surface area contributed by atoms with Crippen LogP contribution in [-0.2, 0) is 19.1 Å². The highest BCUT2D eigenvalue weighted by atomic mass is 35.5. The predicted octanol–water partition coefficient (Wildman–Crippen LogP) is 2.20. The molecule has 0 saturated heterocycles. The number of allylic oxidation sites excluding steroid dienone is 1. The second kappa shape index (κ2) is 8.82. The van der Waals surface area contributed by atoms with Crippen LogP contribution in [0.3, 0.4) is 0 Å². The molecule has 0 bridgehead atoms. The van der Waals surface area contributed by atoms with E-state index >= 15 is 0 Å². The third kappa shape index (κ3) is 3.73. The normalized spacial score (nSPS) is 17.0. The van der Waals surface area contributed by atoms with E-state index in [-0.39, 0.29) is 35.7 Å². The summed E-state index contributed by atoms with van der Waals surface area (Å²) in [7, 11) is 1.18. The summed E-state index contributed by atoms with van der Waals surface area (Å²) in [6.45, 7) is 0.742. The van der Waals surface area contributed by atoms with Crippen molar-refractivity contribution in [1.82, 2.24) is 5.32 Å². The number of nitrogens with one attached hydrogen (secondary N) is 1. The lowest BCUT2D eigenvalue weighted by molar-refractivity contribution is -0.139. The van der Waals surface area contributed by atoms with Gasteiger partial charge in [-0.3, -0.25) is 0 Å². The largest absolute Gasteiger partial charge is 0.466 e. The van der Waals surface area contributed by atoms with Gasteiger partial charge < -0.3 is 20.5 Å². The molecule has 1 aliphatic rings. The fourth-order valence-electron chi connectivity index (χ4n) is 2.90. The van der Waals surface area contributed by atoms with E-state index in [9.17, 15) is 14.0 Å². The van der Waals surface area contributed by atoms with Crippen molar-refractivity contribution in [2.75, 3.05) is 26.9 Å². The number of halogens is 2. The number of rotatable bonds is 6. The van der Waals surface area contributed by atoms with Gasteiger partial charge in [-0.15, -0.1) is 0 Å². The van der Waals surface area contributed by atoms with Gasteiger partial charge in [0.05, 0.1) is 36.5 Å². The fourth-order valence-corrected chi connectivity index (χ4v) is 3.14. The Hall–Kier alpha value is -2.38. The highest BCUT2D eigenvalue weighted by Crippen LogP contribution is 2.41. The molecule has 1 unspecified atom stereocenters. The predicted molar refractivity (Wildman–Crippen MR) is 95.1 cm³/mol. The van der Waals surface area contributed by atoms with Crippen LogP contribution in [0, 0.1) is 0 Å². The molecular formula is C18H20ClFN2O4. The van der Waals surface area contributed by atoms with Crippen LogP contribution < -0.4 is 11.1 Å². The molecule has 0 aromatic heterocycles. The van der Waals surface area contributed by atoms with E-state index in [0.29, 0.717) is 10.6 Å². The number of carbonyl (C=O) groups excluding carboxylic acids is 2. The van der Waals surface area contributed by atoms with Crippen LogP contribution in [0.4, 0.5) is 4.39 Å². The number of ether oxygens (including phenoxy) is 2. The summed E-state index contributed by atoms with van der Waals surface area (Å²) >= 11 is 6.30. The smallest absolute Gasteiger partial charge is 0.336 e. The van der Waals surface area contributed by atoms with Crippen LogP contribution in [0.1, 0.15) is 18.4 Å². The van der Waals surface area contributed by atoms with E-state index in [1.54, 1.807) is 31.2 Å². The van der Waals surface area contributed by atoms with Gasteiger partial charge in [-0.05, 0) is 18.6 Å². The van der Waals surface area contributed by atoms with Crippen molar-refractivity contribution in [2.45, 2.75) is 12.8 Å². The van der Waals surface area contributed by atoms with Gasteiger partial charge in [0.1, 0.15) is 6.67 Å². The third-order valence-electron chi connectivity index (χ3n) is 3.98. The van der Waals surface area contributed by atoms with E-state index in [0.717, 1.165) is 0 Å². The number of esters is 2. The van der Waals surface area contributed by atoms with E-state index in [1.165, 1.54) is 7.11 Å². The molecular weight excluding hydrogens is 363 g/mol. The third-order valence-corrected chi connectivity index (χ3v) is 4.33. The molecule has 140 valence electrons. The van der Waals surface area contributed by atoms with Gasteiger partial charge in [0, 0.05) is 17.3 Å². The van der Waals surface area contributed by atoms with Crippen molar-refractivity contribution in [3.8, 4) is 0 Å². The maximum absolute atomic E-state index is 13.7. The van der Waals surface area contributed by atoms with Gasteiger partial charge in [-0.2, -0.15) is 0 Å². The molecule has 8 heteroatoms. The number of hydrogen-bond donors (Lipinski definition) is 2. The molecule has 2 rings (SSSR count). The van der Waals surface area contributed by atoms with Crippen molar-refractivity contribution >= 4 is 23.5 Å². The average molecular weight is 383 g/mol. The first kappa shape index (κ1) is 19.9. The van der Waals surface area contributed by atoms with Gasteiger partial charge in [-0.25, -0.2) is 14.0 Å². The van der Waals surface area contributed by atoms with Crippen LogP contribution in [0.25, 0.3) is 0 Å². The topological polar surface area (TPSA) is 90.6 Å². The van der Waals surface area contributed by atoms with Gasteiger partial charge in [-0.1, -0.05) is 29.8 Å². The first-order valence-corrected chi connectivity index (χ1v) is 8.36. The molecule has 1 heterocycles. The minimum atomic E-state index is -0.967. The van der Waals surface area contributed by atoms with E-state index in [4.69, 9.17) is 26.8 Å². The Balaban J connectivity index is 2.78. The van der Waals surface area contributed by atoms with Gasteiger partial charge >= 0.3 is 11.9 Å². The van der Waals surface area contributed by atoms with E-state index in [1.807, 2.05) is 0 Å². The quantitative estimate of drug-likeness (QED) is 0.733. The minimum absolute atomic E-state index is 0.0183. The second-order valence-corrected chi connectivity index (χ2v) is 5.82. The molecule has 3 N–H and O–H groups in total. The SMILES string of the molecule is CCOC(=O)C1=C(CN)NC(CF)=C(C(=O)OC)C1c1ccccc1Cl. The molecule has 0 radical (unpaired) electrons. The van der Waals surface area contributed by atoms with Gasteiger partial charge in [0.25, 0.3) is 0 Å². The van der Waals surface area contributed by atoms with Gasteiger partial charge in [0.2, 0.25) is 0 Å². The number of hydrogen-bond acceptors (Lipinski definition) is 6. The Morgan fingerprint density at radius 1 is 1.23 bits per heavy atom. The molecule has 0 saturated carbocycles. The van der Waals surface area contributed by atoms with Crippen molar-refractivity contribution in [3.05, 3.63) is 57.4 Å². The van der Waals surface area contributed by atoms with Crippen LogP contribution in [0.15, 0.2) is 46.8 Å². The maximum Gasteiger partial charge on any atom is 0.336 e. The summed E-state index contributed by atoms with van der Waals surface area (Å²) in [6.07, 6.45) is 0. The Morgan fingerprint density at radius 3 is 2.42 bits per heavy atom. The first-order valence-electron chi connectivity index (χ1n) is 7.99. The molecule has 1 atom stereocenters. The van der Waals surface area contributed by atoms with Crippen LogP contribution >= 0.6 is 11.6 Å². The molecule has 0 fully saturated rings. The summed E-state index contributed by atoms with van der Waals surface area (Å²) in [4.78, 5) is 25.0. The zero-order valence-corrected chi connectivity index (χ0v) is 15.2.